The van der Waals surface area contributed by atoms with E-state index in [4.69, 9.17) is 0 Å². The van der Waals surface area contributed by atoms with E-state index in [1.807, 2.05) is 18.2 Å². The van der Waals surface area contributed by atoms with E-state index in [1.165, 1.54) is 43.4 Å². The minimum atomic E-state index is -4.38. The molecular formula is C26H24F4. The molecule has 0 aliphatic rings. The highest BCUT2D eigenvalue weighted by atomic mass is 19.4. The zero-order valence-electron chi connectivity index (χ0n) is 17.0. The molecule has 30 heavy (non-hydrogen) atoms. The lowest BCUT2D eigenvalue weighted by Crippen LogP contribution is -2.04. The Bertz CT molecular complexity index is 1050. The van der Waals surface area contributed by atoms with Crippen molar-refractivity contribution in [2.75, 3.05) is 0 Å². The molecule has 0 nitrogen and oxygen atoms in total. The van der Waals surface area contributed by atoms with Gasteiger partial charge in [0.25, 0.3) is 0 Å². The molecule has 0 unspecified atom stereocenters. The number of unbranched alkanes of at least 4 members (excludes halogenated alkanes) is 4. The van der Waals surface area contributed by atoms with Gasteiger partial charge >= 0.3 is 6.18 Å². The number of fused-ring (bicyclic) bond motifs is 1. The summed E-state index contributed by atoms with van der Waals surface area (Å²) in [5.74, 6) is 5.08. The Morgan fingerprint density at radius 3 is 2.23 bits per heavy atom. The number of aryl methyl sites for hydroxylation is 1. The lowest BCUT2D eigenvalue weighted by molar-refractivity contribution is -0.137. The molecule has 0 amide bonds. The summed E-state index contributed by atoms with van der Waals surface area (Å²) in [5.41, 5.74) is 1.10. The maximum atomic E-state index is 14.9. The van der Waals surface area contributed by atoms with E-state index < -0.39 is 17.6 Å². The summed E-state index contributed by atoms with van der Waals surface area (Å²) in [4.78, 5) is 0. The van der Waals surface area contributed by atoms with Gasteiger partial charge in [0.2, 0.25) is 0 Å². The molecular weight excluding hydrogens is 388 g/mol. The Morgan fingerprint density at radius 1 is 0.800 bits per heavy atom. The average Bonchev–Trinajstić information content (AvgIpc) is 2.73. The van der Waals surface area contributed by atoms with E-state index in [0.717, 1.165) is 30.4 Å². The fourth-order valence-electron chi connectivity index (χ4n) is 3.41. The van der Waals surface area contributed by atoms with Crippen molar-refractivity contribution < 1.29 is 17.6 Å². The minimum absolute atomic E-state index is 0.231. The first-order valence-corrected chi connectivity index (χ1v) is 10.3. The van der Waals surface area contributed by atoms with E-state index in [-0.39, 0.29) is 5.56 Å². The molecule has 0 spiro atoms. The van der Waals surface area contributed by atoms with Crippen LogP contribution in [-0.4, -0.2) is 0 Å². The summed E-state index contributed by atoms with van der Waals surface area (Å²) in [6, 6.07) is 13.8. The molecule has 0 aliphatic carbocycles. The van der Waals surface area contributed by atoms with Crippen LogP contribution in [0, 0.1) is 17.7 Å². The molecule has 3 aromatic carbocycles. The quantitative estimate of drug-likeness (QED) is 0.219. The second kappa shape index (κ2) is 9.80. The zero-order chi connectivity index (χ0) is 21.6. The monoisotopic (exact) mass is 412 g/mol. The number of alkyl halides is 3. The largest absolute Gasteiger partial charge is 0.416 e. The van der Waals surface area contributed by atoms with Crippen molar-refractivity contribution in [3.05, 3.63) is 82.7 Å². The van der Waals surface area contributed by atoms with Crippen LogP contribution in [0.1, 0.15) is 61.3 Å². The average molecular weight is 412 g/mol. The van der Waals surface area contributed by atoms with Crippen molar-refractivity contribution >= 4 is 10.8 Å². The topological polar surface area (TPSA) is 0 Å². The van der Waals surface area contributed by atoms with Crippen LogP contribution < -0.4 is 0 Å². The van der Waals surface area contributed by atoms with Gasteiger partial charge in [-0.25, -0.2) is 4.39 Å². The highest BCUT2D eigenvalue weighted by Crippen LogP contribution is 2.29. The van der Waals surface area contributed by atoms with E-state index in [9.17, 15) is 17.6 Å². The Morgan fingerprint density at radius 2 is 1.53 bits per heavy atom. The Balaban J connectivity index is 1.74. The first-order valence-electron chi connectivity index (χ1n) is 10.3. The summed E-state index contributed by atoms with van der Waals surface area (Å²) in [7, 11) is 0. The molecule has 0 saturated heterocycles. The van der Waals surface area contributed by atoms with E-state index in [0.29, 0.717) is 10.9 Å². The van der Waals surface area contributed by atoms with E-state index in [2.05, 4.69) is 18.8 Å². The third-order valence-corrected chi connectivity index (χ3v) is 5.14. The third kappa shape index (κ3) is 5.63. The Kier molecular flexibility index (Phi) is 7.15. The van der Waals surface area contributed by atoms with Gasteiger partial charge < -0.3 is 0 Å². The van der Waals surface area contributed by atoms with Gasteiger partial charge in [-0.1, -0.05) is 68.7 Å². The van der Waals surface area contributed by atoms with Gasteiger partial charge in [-0.05, 0) is 54.1 Å². The fourth-order valence-corrected chi connectivity index (χ4v) is 3.41. The lowest BCUT2D eigenvalue weighted by Gasteiger charge is -2.06. The molecule has 4 heteroatoms. The number of benzene rings is 3. The summed E-state index contributed by atoms with van der Waals surface area (Å²) in [6.45, 7) is 2.19. The number of hydrogen-bond donors (Lipinski definition) is 0. The van der Waals surface area contributed by atoms with Gasteiger partial charge in [-0.3, -0.25) is 0 Å². The maximum absolute atomic E-state index is 14.9. The zero-order valence-corrected chi connectivity index (χ0v) is 17.0. The van der Waals surface area contributed by atoms with Crippen molar-refractivity contribution in [2.45, 2.75) is 51.6 Å². The highest BCUT2D eigenvalue weighted by molar-refractivity contribution is 5.85. The first kappa shape index (κ1) is 21.9. The van der Waals surface area contributed by atoms with E-state index in [1.54, 1.807) is 12.1 Å². The molecule has 3 rings (SSSR count). The molecule has 0 heterocycles. The van der Waals surface area contributed by atoms with Crippen molar-refractivity contribution in [2.24, 2.45) is 0 Å². The summed E-state index contributed by atoms with van der Waals surface area (Å²) >= 11 is 0. The molecule has 0 radical (unpaired) electrons. The smallest absolute Gasteiger partial charge is 0.205 e. The molecule has 0 fully saturated rings. The second-order valence-corrected chi connectivity index (χ2v) is 7.47. The summed E-state index contributed by atoms with van der Waals surface area (Å²) < 4.78 is 52.8. The number of hydrogen-bond acceptors (Lipinski definition) is 0. The van der Waals surface area contributed by atoms with Crippen LogP contribution in [0.25, 0.3) is 10.8 Å². The molecule has 0 N–H and O–H groups in total. The van der Waals surface area contributed by atoms with Crippen molar-refractivity contribution in [3.8, 4) is 11.8 Å². The third-order valence-electron chi connectivity index (χ3n) is 5.14. The molecule has 156 valence electrons. The maximum Gasteiger partial charge on any atom is 0.416 e. The van der Waals surface area contributed by atoms with Gasteiger partial charge in [0.15, 0.2) is 0 Å². The van der Waals surface area contributed by atoms with Crippen molar-refractivity contribution in [1.82, 2.24) is 0 Å². The first-order chi connectivity index (χ1) is 14.4. The van der Waals surface area contributed by atoms with Gasteiger partial charge in [-0.15, -0.1) is 0 Å². The molecule has 0 saturated carbocycles. The predicted octanol–water partition coefficient (Wildman–Crippen LogP) is 7.91. The summed E-state index contributed by atoms with van der Waals surface area (Å²) in [6.07, 6.45) is 2.67. The predicted molar refractivity (Wildman–Crippen MR) is 114 cm³/mol. The SMILES string of the molecule is CCCCCCCc1ccc2c(F)c(C#Cc3ccc(C(F)(F)F)cc3)ccc2c1. The van der Waals surface area contributed by atoms with Gasteiger partial charge in [0, 0.05) is 10.9 Å². The van der Waals surface area contributed by atoms with Crippen LogP contribution in [0.3, 0.4) is 0 Å². The second-order valence-electron chi connectivity index (χ2n) is 7.47. The number of rotatable bonds is 6. The molecule has 3 aromatic rings. The minimum Gasteiger partial charge on any atom is -0.205 e. The van der Waals surface area contributed by atoms with Crippen molar-refractivity contribution in [1.29, 1.82) is 0 Å². The fraction of sp³-hybridized carbons (Fsp3) is 0.308. The van der Waals surface area contributed by atoms with Gasteiger partial charge in [0.1, 0.15) is 5.82 Å². The normalized spacial score (nSPS) is 11.4. The van der Waals surface area contributed by atoms with E-state index >= 15 is 0 Å². The lowest BCUT2D eigenvalue weighted by atomic mass is 10.00. The van der Waals surface area contributed by atoms with Crippen LogP contribution in [0.2, 0.25) is 0 Å². The van der Waals surface area contributed by atoms with Crippen LogP contribution in [-0.2, 0) is 12.6 Å². The summed E-state index contributed by atoms with van der Waals surface area (Å²) in [5, 5.41) is 1.34. The van der Waals surface area contributed by atoms with Crippen LogP contribution >= 0.6 is 0 Å². The van der Waals surface area contributed by atoms with Crippen LogP contribution in [0.5, 0.6) is 0 Å². The van der Waals surface area contributed by atoms with Crippen LogP contribution in [0.15, 0.2) is 54.6 Å². The molecule has 0 aliphatic heterocycles. The van der Waals surface area contributed by atoms with Crippen molar-refractivity contribution in [3.63, 3.8) is 0 Å². The molecule has 0 bridgehead atoms. The highest BCUT2D eigenvalue weighted by Gasteiger charge is 2.29. The molecule has 0 atom stereocenters. The van der Waals surface area contributed by atoms with Gasteiger partial charge in [0.05, 0.1) is 11.1 Å². The molecule has 0 aromatic heterocycles. The number of halogens is 4. The standard InChI is InChI=1S/C26H24F4/c1-2-3-4-5-6-7-20-11-17-24-22(18-20)14-13-21(25(24)27)12-8-19-9-15-23(16-10-19)26(28,29)30/h9-11,13-18H,2-7H2,1H3. The van der Waals surface area contributed by atoms with Crippen LogP contribution in [0.4, 0.5) is 17.6 Å². The Hall–Kier alpha value is -2.80. The van der Waals surface area contributed by atoms with Gasteiger partial charge in [-0.2, -0.15) is 13.2 Å². The Labute approximate surface area is 174 Å².